The van der Waals surface area contributed by atoms with E-state index in [4.69, 9.17) is 10.5 Å². The Balaban J connectivity index is 1.83. The quantitative estimate of drug-likeness (QED) is 0.647. The maximum absolute atomic E-state index is 14.6. The third-order valence-electron chi connectivity index (χ3n) is 3.55. The number of benzene rings is 2. The molecule has 1 aromatic heterocycles. The van der Waals surface area contributed by atoms with Crippen LogP contribution in [0.1, 0.15) is 20.8 Å². The van der Waals surface area contributed by atoms with E-state index >= 15 is 0 Å². The SMILES string of the molecule is CC(C)(C)OC(=O)Nc1ccc(-c2ccc3c(N)n[nH]c3c2F)cc1. The Morgan fingerprint density at radius 2 is 1.88 bits per heavy atom. The summed E-state index contributed by atoms with van der Waals surface area (Å²) in [6.07, 6.45) is -0.541. The van der Waals surface area contributed by atoms with Crippen molar-refractivity contribution in [2.45, 2.75) is 26.4 Å². The molecule has 0 unspecified atom stereocenters. The van der Waals surface area contributed by atoms with Gasteiger partial charge in [0.25, 0.3) is 0 Å². The number of aromatic amines is 1. The number of carbonyl (C=O) groups excluding carboxylic acids is 1. The summed E-state index contributed by atoms with van der Waals surface area (Å²) in [6.45, 7) is 5.37. The van der Waals surface area contributed by atoms with Gasteiger partial charge in [0.05, 0.1) is 0 Å². The molecule has 0 aliphatic carbocycles. The summed E-state index contributed by atoms with van der Waals surface area (Å²) in [7, 11) is 0. The fourth-order valence-electron chi connectivity index (χ4n) is 2.45. The van der Waals surface area contributed by atoms with Crippen molar-refractivity contribution in [1.29, 1.82) is 0 Å². The number of nitrogens with zero attached hydrogens (tertiary/aromatic N) is 1. The lowest BCUT2D eigenvalue weighted by Gasteiger charge is -2.19. The van der Waals surface area contributed by atoms with Crippen LogP contribution in [0.5, 0.6) is 0 Å². The van der Waals surface area contributed by atoms with Crippen molar-refractivity contribution in [3.8, 4) is 11.1 Å². The third kappa shape index (κ3) is 3.55. The third-order valence-corrected chi connectivity index (χ3v) is 3.55. The van der Waals surface area contributed by atoms with Gasteiger partial charge in [0.1, 0.15) is 11.1 Å². The number of ether oxygens (including phenoxy) is 1. The Labute approximate surface area is 144 Å². The van der Waals surface area contributed by atoms with Crippen LogP contribution >= 0.6 is 0 Å². The van der Waals surface area contributed by atoms with E-state index in [9.17, 15) is 9.18 Å². The molecule has 2 aromatic carbocycles. The molecule has 7 heteroatoms. The summed E-state index contributed by atoms with van der Waals surface area (Å²) in [5.41, 5.74) is 7.02. The Morgan fingerprint density at radius 1 is 1.20 bits per heavy atom. The molecular formula is C18H19FN4O2. The average Bonchev–Trinajstić information content (AvgIpc) is 2.89. The lowest BCUT2D eigenvalue weighted by molar-refractivity contribution is 0.0636. The number of H-pyrrole nitrogens is 1. The second-order valence-electron chi connectivity index (χ2n) is 6.66. The van der Waals surface area contributed by atoms with Crippen molar-refractivity contribution in [3.63, 3.8) is 0 Å². The zero-order valence-corrected chi connectivity index (χ0v) is 14.2. The molecule has 0 saturated carbocycles. The summed E-state index contributed by atoms with van der Waals surface area (Å²) in [6, 6.07) is 10.2. The highest BCUT2D eigenvalue weighted by molar-refractivity contribution is 5.92. The molecule has 0 aliphatic rings. The molecule has 0 bridgehead atoms. The van der Waals surface area contributed by atoms with Crippen molar-refractivity contribution in [2.75, 3.05) is 11.1 Å². The van der Waals surface area contributed by atoms with Gasteiger partial charge in [0.2, 0.25) is 0 Å². The molecule has 4 N–H and O–H groups in total. The number of anilines is 2. The van der Waals surface area contributed by atoms with E-state index in [1.165, 1.54) is 0 Å². The molecule has 0 saturated heterocycles. The van der Waals surface area contributed by atoms with Gasteiger partial charge in [-0.05, 0) is 44.5 Å². The van der Waals surface area contributed by atoms with Crippen molar-refractivity contribution in [3.05, 3.63) is 42.2 Å². The minimum Gasteiger partial charge on any atom is -0.444 e. The normalized spacial score (nSPS) is 11.5. The number of carbonyl (C=O) groups is 1. The summed E-state index contributed by atoms with van der Waals surface area (Å²) in [5.74, 6) is -0.160. The zero-order valence-electron chi connectivity index (χ0n) is 14.2. The second kappa shape index (κ2) is 6.08. The summed E-state index contributed by atoms with van der Waals surface area (Å²) >= 11 is 0. The van der Waals surface area contributed by atoms with Crippen molar-refractivity contribution in [2.24, 2.45) is 0 Å². The van der Waals surface area contributed by atoms with Crippen LogP contribution in [0.15, 0.2) is 36.4 Å². The van der Waals surface area contributed by atoms with Gasteiger partial charge >= 0.3 is 6.09 Å². The molecule has 0 fully saturated rings. The largest absolute Gasteiger partial charge is 0.444 e. The van der Waals surface area contributed by atoms with Crippen molar-refractivity contribution >= 4 is 28.5 Å². The number of hydrogen-bond acceptors (Lipinski definition) is 4. The molecule has 0 radical (unpaired) electrons. The van der Waals surface area contributed by atoms with Gasteiger partial charge in [-0.3, -0.25) is 10.4 Å². The first-order chi connectivity index (χ1) is 11.7. The first kappa shape index (κ1) is 16.8. The van der Waals surface area contributed by atoms with E-state index in [-0.39, 0.29) is 11.3 Å². The van der Waals surface area contributed by atoms with E-state index in [2.05, 4.69) is 15.5 Å². The number of aromatic nitrogens is 2. The number of fused-ring (bicyclic) bond motifs is 1. The number of nitrogen functional groups attached to an aromatic ring is 1. The molecule has 1 amide bonds. The summed E-state index contributed by atoms with van der Waals surface area (Å²) in [4.78, 5) is 11.8. The van der Waals surface area contributed by atoms with Crippen LogP contribution in [0.3, 0.4) is 0 Å². The van der Waals surface area contributed by atoms with Gasteiger partial charge in [0, 0.05) is 16.6 Å². The summed E-state index contributed by atoms with van der Waals surface area (Å²) in [5, 5.41) is 9.60. The summed E-state index contributed by atoms with van der Waals surface area (Å²) < 4.78 is 19.8. The van der Waals surface area contributed by atoms with Gasteiger partial charge in [-0.1, -0.05) is 18.2 Å². The van der Waals surface area contributed by atoms with E-state index in [1.807, 2.05) is 0 Å². The lowest BCUT2D eigenvalue weighted by atomic mass is 10.0. The fourth-order valence-corrected chi connectivity index (χ4v) is 2.45. The molecule has 25 heavy (non-hydrogen) atoms. The van der Waals surface area contributed by atoms with Crippen LogP contribution in [-0.4, -0.2) is 21.9 Å². The van der Waals surface area contributed by atoms with Crippen LogP contribution in [0.25, 0.3) is 22.0 Å². The average molecular weight is 342 g/mol. The highest BCUT2D eigenvalue weighted by atomic mass is 19.1. The highest BCUT2D eigenvalue weighted by Crippen LogP contribution is 2.30. The van der Waals surface area contributed by atoms with Crippen molar-refractivity contribution < 1.29 is 13.9 Å². The predicted molar refractivity (Wildman–Crippen MR) is 95.8 cm³/mol. The Morgan fingerprint density at radius 3 is 2.52 bits per heavy atom. The standard InChI is InChI=1S/C18H19FN4O2/c1-18(2,3)25-17(24)21-11-6-4-10(5-7-11)12-8-9-13-15(14(12)19)22-23-16(13)20/h4-9H,1-3H3,(H,21,24)(H3,20,22,23). The molecule has 3 rings (SSSR count). The fraction of sp³-hybridized carbons (Fsp3) is 0.222. The lowest BCUT2D eigenvalue weighted by Crippen LogP contribution is -2.27. The number of rotatable bonds is 2. The van der Waals surface area contributed by atoms with E-state index < -0.39 is 17.5 Å². The predicted octanol–water partition coefficient (Wildman–Crippen LogP) is 4.30. The van der Waals surface area contributed by atoms with Crippen molar-refractivity contribution in [1.82, 2.24) is 10.2 Å². The topological polar surface area (TPSA) is 93.0 Å². The van der Waals surface area contributed by atoms with Crippen LogP contribution in [0.4, 0.5) is 20.7 Å². The Kier molecular flexibility index (Phi) is 4.08. The second-order valence-corrected chi connectivity index (χ2v) is 6.66. The minimum atomic E-state index is -0.575. The van der Waals surface area contributed by atoms with E-state index in [0.29, 0.717) is 22.2 Å². The first-order valence-corrected chi connectivity index (χ1v) is 7.77. The molecule has 0 spiro atoms. The maximum Gasteiger partial charge on any atom is 0.412 e. The Bertz CT molecular complexity index is 927. The number of nitrogens with one attached hydrogen (secondary N) is 2. The number of hydrogen-bond donors (Lipinski definition) is 3. The Hall–Kier alpha value is -3.09. The molecule has 0 atom stereocenters. The molecule has 1 heterocycles. The highest BCUT2D eigenvalue weighted by Gasteiger charge is 2.17. The first-order valence-electron chi connectivity index (χ1n) is 7.77. The molecule has 3 aromatic rings. The van der Waals surface area contributed by atoms with Crippen LogP contribution in [0, 0.1) is 5.82 Å². The van der Waals surface area contributed by atoms with Gasteiger partial charge in [0.15, 0.2) is 11.6 Å². The monoisotopic (exact) mass is 342 g/mol. The van der Waals surface area contributed by atoms with Gasteiger partial charge < -0.3 is 10.5 Å². The van der Waals surface area contributed by atoms with Crippen LogP contribution in [0.2, 0.25) is 0 Å². The van der Waals surface area contributed by atoms with Gasteiger partial charge in [-0.15, -0.1) is 0 Å². The van der Waals surface area contributed by atoms with Gasteiger partial charge in [-0.2, -0.15) is 5.10 Å². The van der Waals surface area contributed by atoms with Crippen LogP contribution < -0.4 is 11.1 Å². The van der Waals surface area contributed by atoms with E-state index in [0.717, 1.165) is 0 Å². The molecule has 6 nitrogen and oxygen atoms in total. The molecule has 130 valence electrons. The van der Waals surface area contributed by atoms with E-state index in [1.54, 1.807) is 57.2 Å². The zero-order chi connectivity index (χ0) is 18.2. The molecular weight excluding hydrogens is 323 g/mol. The maximum atomic E-state index is 14.6. The number of amides is 1. The van der Waals surface area contributed by atoms with Crippen LogP contribution in [-0.2, 0) is 4.74 Å². The number of nitrogens with two attached hydrogens (primary N) is 1. The smallest absolute Gasteiger partial charge is 0.412 e. The van der Waals surface area contributed by atoms with Gasteiger partial charge in [-0.25, -0.2) is 9.18 Å². The number of halogens is 1. The minimum absolute atomic E-state index is 0.261. The molecule has 0 aliphatic heterocycles.